The molecule has 2 heterocycles. The zero-order valence-electron chi connectivity index (χ0n) is 12.4. The van der Waals surface area contributed by atoms with Crippen LogP contribution in [-0.4, -0.2) is 39.6 Å². The second kappa shape index (κ2) is 7.20. The fourth-order valence-electron chi connectivity index (χ4n) is 1.71. The van der Waals surface area contributed by atoms with Gasteiger partial charge in [-0.15, -0.1) is 0 Å². The molecule has 2 N–H and O–H groups in total. The average molecular weight is 343 g/mol. The van der Waals surface area contributed by atoms with Gasteiger partial charge in [0.05, 0.1) is 6.20 Å². The summed E-state index contributed by atoms with van der Waals surface area (Å²) in [5, 5.41) is 4.14. The molecule has 0 aliphatic heterocycles. The van der Waals surface area contributed by atoms with Crippen LogP contribution in [0.1, 0.15) is 6.92 Å². The third-order valence-corrected chi connectivity index (χ3v) is 2.87. The number of alkyl halides is 3. The first-order valence-electron chi connectivity index (χ1n) is 6.80. The highest BCUT2D eigenvalue weighted by Gasteiger charge is 2.29. The Labute approximate surface area is 134 Å². The number of carbonyl (C=O) groups is 1. The summed E-state index contributed by atoms with van der Waals surface area (Å²) in [6.07, 6.45) is -0.614. The lowest BCUT2D eigenvalue weighted by atomic mass is 10.2. The van der Waals surface area contributed by atoms with E-state index in [0.29, 0.717) is 5.56 Å². The lowest BCUT2D eigenvalue weighted by Gasteiger charge is -2.16. The minimum absolute atomic E-state index is 0.162. The highest BCUT2D eigenvalue weighted by molar-refractivity contribution is 5.84. The Bertz CT molecular complexity index is 708. The van der Waals surface area contributed by atoms with E-state index in [-0.39, 0.29) is 11.6 Å². The molecule has 0 unspecified atom stereocenters. The molecule has 0 saturated heterocycles. The summed E-state index contributed by atoms with van der Waals surface area (Å²) >= 11 is 0. The molecule has 2 aromatic heterocycles. The van der Waals surface area contributed by atoms with Crippen LogP contribution in [0.25, 0.3) is 11.4 Å². The van der Waals surface area contributed by atoms with E-state index in [4.69, 9.17) is 0 Å². The second-order valence-electron chi connectivity index (χ2n) is 4.83. The molecule has 6 nitrogen and oxygen atoms in total. The number of halogens is 4. The van der Waals surface area contributed by atoms with E-state index in [2.05, 4.69) is 20.3 Å². The highest BCUT2D eigenvalue weighted by atomic mass is 19.4. The summed E-state index contributed by atoms with van der Waals surface area (Å²) in [5.74, 6) is -1.90. The van der Waals surface area contributed by atoms with E-state index < -0.39 is 30.5 Å². The molecule has 0 bridgehead atoms. The van der Waals surface area contributed by atoms with Crippen molar-refractivity contribution >= 4 is 11.7 Å². The zero-order valence-corrected chi connectivity index (χ0v) is 12.4. The Morgan fingerprint density at radius 1 is 1.33 bits per heavy atom. The topological polar surface area (TPSA) is 79.8 Å². The Morgan fingerprint density at radius 2 is 2.08 bits per heavy atom. The number of aromatic nitrogens is 3. The van der Waals surface area contributed by atoms with Gasteiger partial charge in [0.25, 0.3) is 0 Å². The Hall–Kier alpha value is -2.78. The third kappa shape index (κ3) is 4.86. The largest absolute Gasteiger partial charge is 0.405 e. The average Bonchev–Trinajstić information content (AvgIpc) is 2.54. The summed E-state index contributed by atoms with van der Waals surface area (Å²) in [7, 11) is 0. The Morgan fingerprint density at radius 3 is 2.71 bits per heavy atom. The quantitative estimate of drug-likeness (QED) is 0.814. The molecular weight excluding hydrogens is 330 g/mol. The molecular formula is C14H13F4N5O. The molecule has 128 valence electrons. The van der Waals surface area contributed by atoms with Gasteiger partial charge in [-0.2, -0.15) is 13.2 Å². The molecule has 0 aliphatic rings. The van der Waals surface area contributed by atoms with E-state index >= 15 is 0 Å². The molecule has 0 saturated carbocycles. The van der Waals surface area contributed by atoms with Crippen molar-refractivity contribution in [2.24, 2.45) is 0 Å². The molecule has 0 aromatic carbocycles. The number of nitrogens with one attached hydrogen (secondary N) is 2. The molecule has 2 aromatic rings. The van der Waals surface area contributed by atoms with Crippen molar-refractivity contribution < 1.29 is 22.4 Å². The summed E-state index contributed by atoms with van der Waals surface area (Å²) in [5.41, 5.74) is 0.523. The number of amides is 1. The maximum atomic E-state index is 13.8. The molecule has 24 heavy (non-hydrogen) atoms. The highest BCUT2D eigenvalue weighted by Crippen LogP contribution is 2.18. The first-order valence-corrected chi connectivity index (χ1v) is 6.80. The first kappa shape index (κ1) is 17.6. The van der Waals surface area contributed by atoms with Crippen molar-refractivity contribution in [3.63, 3.8) is 0 Å². The van der Waals surface area contributed by atoms with Gasteiger partial charge in [0.15, 0.2) is 17.5 Å². The van der Waals surface area contributed by atoms with Crippen LogP contribution in [0.15, 0.2) is 30.7 Å². The molecule has 0 spiro atoms. The van der Waals surface area contributed by atoms with E-state index in [1.807, 2.05) is 0 Å². The van der Waals surface area contributed by atoms with Crippen LogP contribution in [0, 0.1) is 5.82 Å². The molecule has 1 amide bonds. The van der Waals surface area contributed by atoms with Gasteiger partial charge < -0.3 is 10.6 Å². The summed E-state index contributed by atoms with van der Waals surface area (Å²) in [6, 6.07) is 2.17. The fraction of sp³-hybridized carbons (Fsp3) is 0.286. The monoisotopic (exact) mass is 343 g/mol. The molecule has 0 radical (unpaired) electrons. The van der Waals surface area contributed by atoms with Crippen LogP contribution in [0.2, 0.25) is 0 Å². The fourth-order valence-corrected chi connectivity index (χ4v) is 1.71. The standard InChI is InChI=1S/C14H13F4N5O/c1-8(13(24)21-7-14(16,17)18)22-12-10(15)6-20-11(23-12)9-3-2-4-19-5-9/h2-6,8H,7H2,1H3,(H,21,24)(H,20,22,23)/t8-/m1/s1. The maximum absolute atomic E-state index is 13.8. The normalized spacial score (nSPS) is 12.5. The third-order valence-electron chi connectivity index (χ3n) is 2.87. The Balaban J connectivity index is 2.10. The maximum Gasteiger partial charge on any atom is 0.405 e. The van der Waals surface area contributed by atoms with Crippen LogP contribution >= 0.6 is 0 Å². The number of nitrogens with zero attached hydrogens (tertiary/aromatic N) is 3. The minimum atomic E-state index is -4.52. The van der Waals surface area contributed by atoms with Crippen molar-refractivity contribution in [3.05, 3.63) is 36.5 Å². The van der Waals surface area contributed by atoms with E-state index in [1.165, 1.54) is 13.1 Å². The van der Waals surface area contributed by atoms with E-state index in [0.717, 1.165) is 6.20 Å². The summed E-state index contributed by atoms with van der Waals surface area (Å²) < 4.78 is 50.0. The van der Waals surface area contributed by atoms with Crippen molar-refractivity contribution in [1.82, 2.24) is 20.3 Å². The lowest BCUT2D eigenvalue weighted by molar-refractivity contribution is -0.138. The number of carbonyl (C=O) groups excluding carboxylic acids is 1. The predicted octanol–water partition coefficient (Wildman–Crippen LogP) is 2.16. The smallest absolute Gasteiger partial charge is 0.356 e. The van der Waals surface area contributed by atoms with Crippen molar-refractivity contribution in [3.8, 4) is 11.4 Å². The number of hydrogen-bond donors (Lipinski definition) is 2. The molecule has 0 fully saturated rings. The number of pyridine rings is 1. The van der Waals surface area contributed by atoms with Crippen LogP contribution in [-0.2, 0) is 4.79 Å². The van der Waals surface area contributed by atoms with Gasteiger partial charge in [0, 0.05) is 18.0 Å². The van der Waals surface area contributed by atoms with Gasteiger partial charge in [-0.05, 0) is 19.1 Å². The first-order chi connectivity index (χ1) is 11.3. The second-order valence-corrected chi connectivity index (χ2v) is 4.83. The van der Waals surface area contributed by atoms with Gasteiger partial charge >= 0.3 is 6.18 Å². The van der Waals surface area contributed by atoms with Crippen molar-refractivity contribution in [2.45, 2.75) is 19.1 Å². The summed E-state index contributed by atoms with van der Waals surface area (Å²) in [6.45, 7) is -0.179. The van der Waals surface area contributed by atoms with Crippen LogP contribution in [0.4, 0.5) is 23.4 Å². The minimum Gasteiger partial charge on any atom is -0.356 e. The van der Waals surface area contributed by atoms with Gasteiger partial charge in [-0.3, -0.25) is 9.78 Å². The van der Waals surface area contributed by atoms with E-state index in [1.54, 1.807) is 23.6 Å². The Kier molecular flexibility index (Phi) is 5.27. The number of anilines is 1. The van der Waals surface area contributed by atoms with E-state index in [9.17, 15) is 22.4 Å². The van der Waals surface area contributed by atoms with Gasteiger partial charge in [-0.25, -0.2) is 14.4 Å². The lowest BCUT2D eigenvalue weighted by Crippen LogP contribution is -2.42. The van der Waals surface area contributed by atoms with Crippen LogP contribution in [0.3, 0.4) is 0 Å². The SMILES string of the molecule is C[C@@H](Nc1nc(-c2cccnc2)ncc1F)C(=O)NCC(F)(F)F. The van der Waals surface area contributed by atoms with Crippen LogP contribution < -0.4 is 10.6 Å². The summed E-state index contributed by atoms with van der Waals surface area (Å²) in [4.78, 5) is 23.2. The van der Waals surface area contributed by atoms with Gasteiger partial charge in [-0.1, -0.05) is 0 Å². The van der Waals surface area contributed by atoms with Crippen molar-refractivity contribution in [1.29, 1.82) is 0 Å². The molecule has 0 aliphatic carbocycles. The van der Waals surface area contributed by atoms with Crippen LogP contribution in [0.5, 0.6) is 0 Å². The molecule has 2 rings (SSSR count). The number of hydrogen-bond acceptors (Lipinski definition) is 5. The van der Waals surface area contributed by atoms with Gasteiger partial charge in [0.2, 0.25) is 5.91 Å². The predicted molar refractivity (Wildman–Crippen MR) is 77.4 cm³/mol. The zero-order chi connectivity index (χ0) is 17.7. The van der Waals surface area contributed by atoms with Gasteiger partial charge in [0.1, 0.15) is 12.6 Å². The molecule has 10 heteroatoms. The number of rotatable bonds is 5. The molecule has 1 atom stereocenters. The van der Waals surface area contributed by atoms with Crippen molar-refractivity contribution in [2.75, 3.05) is 11.9 Å².